The first kappa shape index (κ1) is 21.8. The van der Waals surface area contributed by atoms with E-state index in [-0.39, 0.29) is 5.91 Å². The van der Waals surface area contributed by atoms with Crippen molar-refractivity contribution in [3.8, 4) is 16.8 Å². The van der Waals surface area contributed by atoms with Gasteiger partial charge in [-0.25, -0.2) is 4.79 Å². The van der Waals surface area contributed by atoms with Crippen LogP contribution >= 0.6 is 11.6 Å². The van der Waals surface area contributed by atoms with Gasteiger partial charge in [0.25, 0.3) is 5.91 Å². The van der Waals surface area contributed by atoms with E-state index in [1.54, 1.807) is 54.6 Å². The Morgan fingerprint density at radius 2 is 1.58 bits per heavy atom. The summed E-state index contributed by atoms with van der Waals surface area (Å²) >= 11 is 6.45. The summed E-state index contributed by atoms with van der Waals surface area (Å²) in [6.45, 7) is 0. The quantitative estimate of drug-likeness (QED) is 0.300. The number of hydrogen-bond donors (Lipinski definition) is 1. The number of benzene rings is 4. The van der Waals surface area contributed by atoms with Crippen LogP contribution in [-0.4, -0.2) is 20.9 Å². The van der Waals surface area contributed by atoms with Crippen LogP contribution in [0.5, 0.6) is 0 Å². The van der Waals surface area contributed by atoms with E-state index in [4.69, 9.17) is 16.0 Å². The zero-order valence-electron chi connectivity index (χ0n) is 18.7. The average Bonchev–Trinajstić information content (AvgIpc) is 3.31. The molecule has 0 spiro atoms. The molecule has 174 valence electrons. The molecule has 36 heavy (non-hydrogen) atoms. The van der Waals surface area contributed by atoms with Crippen LogP contribution in [0.25, 0.3) is 38.8 Å². The Kier molecular flexibility index (Phi) is 5.32. The Labute approximate surface area is 209 Å². The van der Waals surface area contributed by atoms with Gasteiger partial charge in [-0.3, -0.25) is 4.79 Å². The maximum Gasteiger partial charge on any atom is 0.344 e. The number of para-hydroxylation sites is 2. The maximum absolute atomic E-state index is 13.1. The van der Waals surface area contributed by atoms with Gasteiger partial charge in [0.05, 0.1) is 22.0 Å². The van der Waals surface area contributed by atoms with Gasteiger partial charge in [-0.05, 0) is 54.1 Å². The highest BCUT2D eigenvalue weighted by molar-refractivity contribution is 6.34. The van der Waals surface area contributed by atoms with Crippen molar-refractivity contribution in [2.75, 3.05) is 5.32 Å². The van der Waals surface area contributed by atoms with Crippen LogP contribution in [0, 0.1) is 0 Å². The van der Waals surface area contributed by atoms with Gasteiger partial charge >= 0.3 is 5.63 Å². The zero-order valence-corrected chi connectivity index (χ0v) is 19.4. The summed E-state index contributed by atoms with van der Waals surface area (Å²) in [6, 6.07) is 28.7. The molecule has 4 aromatic carbocycles. The number of amides is 1. The summed E-state index contributed by atoms with van der Waals surface area (Å²) in [5.41, 5.74) is 3.76. The molecule has 0 fully saturated rings. The van der Waals surface area contributed by atoms with Crippen LogP contribution in [0.1, 0.15) is 10.4 Å². The minimum atomic E-state index is -0.471. The molecule has 7 nitrogen and oxygen atoms in total. The summed E-state index contributed by atoms with van der Waals surface area (Å²) in [5, 5.41) is 12.9. The molecule has 0 atom stereocenters. The second-order valence-corrected chi connectivity index (χ2v) is 8.57. The smallest absolute Gasteiger partial charge is 0.344 e. The first-order valence-corrected chi connectivity index (χ1v) is 11.5. The number of anilines is 1. The second-order valence-electron chi connectivity index (χ2n) is 8.17. The first-order chi connectivity index (χ1) is 17.5. The van der Waals surface area contributed by atoms with Gasteiger partial charge in [-0.15, -0.1) is 10.2 Å². The van der Waals surface area contributed by atoms with Gasteiger partial charge in [0.1, 0.15) is 16.6 Å². The van der Waals surface area contributed by atoms with Gasteiger partial charge < -0.3 is 9.73 Å². The van der Waals surface area contributed by atoms with Crippen molar-refractivity contribution in [2.24, 2.45) is 0 Å². The first-order valence-electron chi connectivity index (χ1n) is 11.1. The molecule has 0 aliphatic heterocycles. The molecule has 0 unspecified atom stereocenters. The summed E-state index contributed by atoms with van der Waals surface area (Å²) in [7, 11) is 0. The molecule has 1 amide bonds. The van der Waals surface area contributed by atoms with Crippen molar-refractivity contribution in [1.29, 1.82) is 0 Å². The number of hydrogen-bond acceptors (Lipinski definition) is 5. The Bertz CT molecular complexity index is 1830. The summed E-state index contributed by atoms with van der Waals surface area (Å²) in [5.74, 6) is -0.376. The van der Waals surface area contributed by atoms with Crippen LogP contribution in [0.3, 0.4) is 0 Å². The lowest BCUT2D eigenvalue weighted by molar-refractivity contribution is 0.102. The van der Waals surface area contributed by atoms with Crippen LogP contribution in [0.4, 0.5) is 5.69 Å². The van der Waals surface area contributed by atoms with Gasteiger partial charge in [-0.1, -0.05) is 60.1 Å². The SMILES string of the molecule is O=C(Nc1cc2nn(-c3ccccc3)nc2cc1Cl)c1cccc(-c2cc3ccccc3oc2=O)c1. The number of carbonyl (C=O) groups is 1. The molecule has 8 heteroatoms. The zero-order chi connectivity index (χ0) is 24.6. The fourth-order valence-electron chi connectivity index (χ4n) is 4.00. The fourth-order valence-corrected chi connectivity index (χ4v) is 4.20. The van der Waals surface area contributed by atoms with E-state index in [2.05, 4.69) is 15.5 Å². The van der Waals surface area contributed by atoms with E-state index in [9.17, 15) is 9.59 Å². The molecule has 6 rings (SSSR count). The average molecular weight is 493 g/mol. The highest BCUT2D eigenvalue weighted by atomic mass is 35.5. The van der Waals surface area contributed by atoms with Crippen molar-refractivity contribution < 1.29 is 9.21 Å². The third kappa shape index (κ3) is 4.01. The van der Waals surface area contributed by atoms with Crippen LogP contribution in [0.2, 0.25) is 5.02 Å². The minimum Gasteiger partial charge on any atom is -0.422 e. The molecule has 2 heterocycles. The lowest BCUT2D eigenvalue weighted by Crippen LogP contribution is -2.12. The number of nitrogens with zero attached hydrogens (tertiary/aromatic N) is 3. The molecule has 0 radical (unpaired) electrons. The van der Waals surface area contributed by atoms with Crippen molar-refractivity contribution in [3.63, 3.8) is 0 Å². The lowest BCUT2D eigenvalue weighted by atomic mass is 10.0. The Morgan fingerprint density at radius 3 is 2.42 bits per heavy atom. The van der Waals surface area contributed by atoms with E-state index < -0.39 is 5.63 Å². The minimum absolute atomic E-state index is 0.335. The number of fused-ring (bicyclic) bond motifs is 2. The van der Waals surface area contributed by atoms with Crippen LogP contribution < -0.4 is 10.9 Å². The predicted molar refractivity (Wildman–Crippen MR) is 140 cm³/mol. The van der Waals surface area contributed by atoms with Gasteiger partial charge in [0.15, 0.2) is 0 Å². The van der Waals surface area contributed by atoms with Crippen molar-refractivity contribution in [1.82, 2.24) is 15.0 Å². The molecule has 2 aromatic heterocycles. The Hall–Kier alpha value is -4.75. The number of nitrogens with one attached hydrogen (secondary N) is 1. The van der Waals surface area contributed by atoms with E-state index in [1.807, 2.05) is 42.5 Å². The van der Waals surface area contributed by atoms with E-state index in [0.717, 1.165) is 11.1 Å². The maximum atomic E-state index is 13.1. The number of halogens is 1. The van der Waals surface area contributed by atoms with Gasteiger partial charge in [0, 0.05) is 10.9 Å². The van der Waals surface area contributed by atoms with Crippen LogP contribution in [-0.2, 0) is 0 Å². The molecule has 0 aliphatic rings. The summed E-state index contributed by atoms with van der Waals surface area (Å²) in [4.78, 5) is 27.2. The third-order valence-electron chi connectivity index (χ3n) is 5.78. The highest BCUT2D eigenvalue weighted by Gasteiger charge is 2.15. The highest BCUT2D eigenvalue weighted by Crippen LogP contribution is 2.28. The number of carbonyl (C=O) groups excluding carboxylic acids is 1. The molecule has 1 N–H and O–H groups in total. The molecular formula is C28H17ClN4O3. The van der Waals surface area contributed by atoms with Crippen molar-refractivity contribution >= 4 is 45.2 Å². The van der Waals surface area contributed by atoms with Crippen molar-refractivity contribution in [2.45, 2.75) is 0 Å². The molecule has 6 aromatic rings. The standard InChI is InChI=1S/C28H17ClN4O3/c29-22-15-24-25(32-33(31-24)20-10-2-1-3-11-20)16-23(22)30-27(34)19-9-6-8-17(13-19)21-14-18-7-4-5-12-26(18)36-28(21)35/h1-16H,(H,30,34). The van der Waals surface area contributed by atoms with Crippen LogP contribution in [0.15, 0.2) is 106 Å². The van der Waals surface area contributed by atoms with E-state index in [0.29, 0.717) is 44.0 Å². The summed E-state index contributed by atoms with van der Waals surface area (Å²) in [6.07, 6.45) is 0. The number of aromatic nitrogens is 3. The fraction of sp³-hybridized carbons (Fsp3) is 0. The monoisotopic (exact) mass is 492 g/mol. The second kappa shape index (κ2) is 8.79. The van der Waals surface area contributed by atoms with Crippen molar-refractivity contribution in [3.05, 3.63) is 118 Å². The Balaban J connectivity index is 1.31. The molecule has 0 bridgehead atoms. The molecular weight excluding hydrogens is 476 g/mol. The molecule has 0 saturated carbocycles. The lowest BCUT2D eigenvalue weighted by Gasteiger charge is -2.09. The topological polar surface area (TPSA) is 90.0 Å². The number of rotatable bonds is 4. The van der Waals surface area contributed by atoms with Gasteiger partial charge in [0.2, 0.25) is 0 Å². The van der Waals surface area contributed by atoms with Gasteiger partial charge in [-0.2, -0.15) is 4.80 Å². The normalized spacial score (nSPS) is 11.1. The molecule has 0 aliphatic carbocycles. The third-order valence-corrected chi connectivity index (χ3v) is 6.09. The van der Waals surface area contributed by atoms with E-state index in [1.165, 1.54) is 4.80 Å². The largest absolute Gasteiger partial charge is 0.422 e. The van der Waals surface area contributed by atoms with E-state index >= 15 is 0 Å². The molecule has 0 saturated heterocycles. The Morgan fingerprint density at radius 1 is 0.833 bits per heavy atom. The summed E-state index contributed by atoms with van der Waals surface area (Å²) < 4.78 is 5.45. The predicted octanol–water partition coefficient (Wildman–Crippen LogP) is 6.10.